The summed E-state index contributed by atoms with van der Waals surface area (Å²) in [5.74, 6) is 1.07. The van der Waals surface area contributed by atoms with Gasteiger partial charge in [0.2, 0.25) is 5.91 Å². The maximum absolute atomic E-state index is 11.9. The average Bonchev–Trinajstić information content (AvgIpc) is 2.64. The van der Waals surface area contributed by atoms with Crippen molar-refractivity contribution in [3.05, 3.63) is 53.9 Å². The van der Waals surface area contributed by atoms with Crippen LogP contribution in [0.15, 0.2) is 42.7 Å². The van der Waals surface area contributed by atoms with Gasteiger partial charge in [0.25, 0.3) is 0 Å². The van der Waals surface area contributed by atoms with E-state index in [4.69, 9.17) is 9.47 Å². The number of methoxy groups -OCH3 is 2. The zero-order chi connectivity index (χ0) is 17.4. The molecule has 1 aromatic carbocycles. The fourth-order valence-electron chi connectivity index (χ4n) is 2.31. The van der Waals surface area contributed by atoms with E-state index in [0.717, 1.165) is 5.56 Å². The van der Waals surface area contributed by atoms with Gasteiger partial charge < -0.3 is 19.9 Å². The van der Waals surface area contributed by atoms with Crippen LogP contribution in [0.5, 0.6) is 11.5 Å². The Balaban J connectivity index is 1.86. The van der Waals surface area contributed by atoms with E-state index in [0.29, 0.717) is 30.0 Å². The zero-order valence-corrected chi connectivity index (χ0v) is 13.9. The van der Waals surface area contributed by atoms with E-state index in [-0.39, 0.29) is 12.3 Å². The van der Waals surface area contributed by atoms with Crippen LogP contribution in [0.2, 0.25) is 0 Å². The highest BCUT2D eigenvalue weighted by molar-refractivity contribution is 5.75. The van der Waals surface area contributed by atoms with E-state index in [1.54, 1.807) is 37.7 Å². The third kappa shape index (κ3) is 4.96. The summed E-state index contributed by atoms with van der Waals surface area (Å²) in [6.45, 7) is 0.425. The van der Waals surface area contributed by atoms with Crippen molar-refractivity contribution in [3.63, 3.8) is 0 Å². The molecule has 1 heterocycles. The van der Waals surface area contributed by atoms with Crippen molar-refractivity contribution in [2.75, 3.05) is 14.2 Å². The van der Waals surface area contributed by atoms with Crippen LogP contribution in [-0.4, -0.2) is 30.2 Å². The van der Waals surface area contributed by atoms with E-state index >= 15 is 0 Å². The van der Waals surface area contributed by atoms with Crippen molar-refractivity contribution in [1.29, 1.82) is 0 Å². The largest absolute Gasteiger partial charge is 0.497 e. The number of carbonyl (C=O) groups is 1. The van der Waals surface area contributed by atoms with Gasteiger partial charge in [0.1, 0.15) is 11.5 Å². The Kier molecular flexibility index (Phi) is 6.57. The standard InChI is InChI=1S/C18H22N2O4/c1-23-14-5-6-15(17(10-14)24-2)16(21)7-8-18(22)20-12-13-4-3-9-19-11-13/h3-6,9-11,16,21H,7-8,12H2,1-2H3,(H,20,22). The molecular weight excluding hydrogens is 308 g/mol. The van der Waals surface area contributed by atoms with E-state index in [9.17, 15) is 9.90 Å². The highest BCUT2D eigenvalue weighted by atomic mass is 16.5. The lowest BCUT2D eigenvalue weighted by Crippen LogP contribution is -2.23. The first-order valence-corrected chi connectivity index (χ1v) is 7.69. The Morgan fingerprint density at radius 3 is 2.79 bits per heavy atom. The third-order valence-corrected chi connectivity index (χ3v) is 3.66. The lowest BCUT2D eigenvalue weighted by molar-refractivity contribution is -0.121. The number of nitrogens with one attached hydrogen (secondary N) is 1. The molecular formula is C18H22N2O4. The Bertz CT molecular complexity index is 661. The van der Waals surface area contributed by atoms with Crippen molar-refractivity contribution in [3.8, 4) is 11.5 Å². The van der Waals surface area contributed by atoms with Crippen LogP contribution >= 0.6 is 0 Å². The van der Waals surface area contributed by atoms with E-state index in [2.05, 4.69) is 10.3 Å². The molecule has 1 aromatic heterocycles. The molecule has 0 radical (unpaired) electrons. The molecule has 0 bridgehead atoms. The van der Waals surface area contributed by atoms with Crippen LogP contribution in [0.3, 0.4) is 0 Å². The molecule has 0 saturated heterocycles. The van der Waals surface area contributed by atoms with Gasteiger partial charge in [-0.2, -0.15) is 0 Å². The number of carbonyl (C=O) groups excluding carboxylic acids is 1. The van der Waals surface area contributed by atoms with Crippen molar-refractivity contribution in [2.24, 2.45) is 0 Å². The number of pyridine rings is 1. The molecule has 2 N–H and O–H groups in total. The van der Waals surface area contributed by atoms with Crippen molar-refractivity contribution in [1.82, 2.24) is 10.3 Å². The molecule has 0 spiro atoms. The predicted molar refractivity (Wildman–Crippen MR) is 89.8 cm³/mol. The van der Waals surface area contributed by atoms with Gasteiger partial charge in [-0.05, 0) is 30.2 Å². The number of amides is 1. The number of rotatable bonds is 8. The van der Waals surface area contributed by atoms with Crippen LogP contribution in [0.25, 0.3) is 0 Å². The molecule has 0 aliphatic heterocycles. The number of aromatic nitrogens is 1. The molecule has 0 aliphatic rings. The first-order chi connectivity index (χ1) is 11.6. The Hall–Kier alpha value is -2.60. The summed E-state index contributed by atoms with van der Waals surface area (Å²) >= 11 is 0. The summed E-state index contributed by atoms with van der Waals surface area (Å²) < 4.78 is 10.4. The smallest absolute Gasteiger partial charge is 0.220 e. The number of ether oxygens (including phenoxy) is 2. The molecule has 1 unspecified atom stereocenters. The van der Waals surface area contributed by atoms with Crippen LogP contribution < -0.4 is 14.8 Å². The normalized spacial score (nSPS) is 11.6. The molecule has 6 nitrogen and oxygen atoms in total. The summed E-state index contributed by atoms with van der Waals surface area (Å²) in [6, 6.07) is 8.92. The van der Waals surface area contributed by atoms with E-state index in [1.807, 2.05) is 12.1 Å². The van der Waals surface area contributed by atoms with Gasteiger partial charge >= 0.3 is 0 Å². The summed E-state index contributed by atoms with van der Waals surface area (Å²) in [7, 11) is 3.10. The minimum Gasteiger partial charge on any atom is -0.497 e. The molecule has 2 aromatic rings. The first kappa shape index (κ1) is 17.7. The fourth-order valence-corrected chi connectivity index (χ4v) is 2.31. The van der Waals surface area contributed by atoms with Crippen molar-refractivity contribution in [2.45, 2.75) is 25.5 Å². The Labute approximate surface area is 141 Å². The lowest BCUT2D eigenvalue weighted by Gasteiger charge is -2.15. The van der Waals surface area contributed by atoms with Crippen molar-refractivity contribution < 1.29 is 19.4 Å². The topological polar surface area (TPSA) is 80.7 Å². The minimum atomic E-state index is -0.782. The molecule has 0 saturated carbocycles. The molecule has 128 valence electrons. The SMILES string of the molecule is COc1ccc(C(O)CCC(=O)NCc2cccnc2)c(OC)c1. The lowest BCUT2D eigenvalue weighted by atomic mass is 10.0. The number of benzene rings is 1. The molecule has 1 atom stereocenters. The van der Waals surface area contributed by atoms with Gasteiger partial charge in [0.15, 0.2) is 0 Å². The third-order valence-electron chi connectivity index (χ3n) is 3.66. The van der Waals surface area contributed by atoms with Gasteiger partial charge in [-0.15, -0.1) is 0 Å². The number of nitrogens with zero attached hydrogens (tertiary/aromatic N) is 1. The van der Waals surface area contributed by atoms with Crippen LogP contribution in [-0.2, 0) is 11.3 Å². The molecule has 1 amide bonds. The molecule has 24 heavy (non-hydrogen) atoms. The maximum Gasteiger partial charge on any atom is 0.220 e. The number of hydrogen-bond acceptors (Lipinski definition) is 5. The summed E-state index contributed by atoms with van der Waals surface area (Å²) in [6.07, 6.45) is 3.13. The first-order valence-electron chi connectivity index (χ1n) is 7.69. The Morgan fingerprint density at radius 2 is 2.12 bits per heavy atom. The Morgan fingerprint density at radius 1 is 1.29 bits per heavy atom. The second-order valence-corrected chi connectivity index (χ2v) is 5.30. The second kappa shape index (κ2) is 8.88. The number of aliphatic hydroxyl groups excluding tert-OH is 1. The van der Waals surface area contributed by atoms with Crippen LogP contribution in [0.1, 0.15) is 30.1 Å². The summed E-state index contributed by atoms with van der Waals surface area (Å²) in [5, 5.41) is 13.1. The predicted octanol–water partition coefficient (Wildman–Crippen LogP) is 2.23. The molecule has 2 rings (SSSR count). The number of aliphatic hydroxyl groups is 1. The van der Waals surface area contributed by atoms with Crippen molar-refractivity contribution >= 4 is 5.91 Å². The molecule has 0 fully saturated rings. The summed E-state index contributed by atoms with van der Waals surface area (Å²) in [5.41, 5.74) is 1.57. The second-order valence-electron chi connectivity index (χ2n) is 5.30. The maximum atomic E-state index is 11.9. The van der Waals surface area contributed by atoms with Crippen LogP contribution in [0, 0.1) is 0 Å². The highest BCUT2D eigenvalue weighted by Crippen LogP contribution is 2.31. The van der Waals surface area contributed by atoms with E-state index in [1.165, 1.54) is 7.11 Å². The molecule has 0 aliphatic carbocycles. The summed E-state index contributed by atoms with van der Waals surface area (Å²) in [4.78, 5) is 15.9. The average molecular weight is 330 g/mol. The van der Waals surface area contributed by atoms with E-state index < -0.39 is 6.10 Å². The van der Waals surface area contributed by atoms with Gasteiger partial charge in [-0.25, -0.2) is 0 Å². The monoisotopic (exact) mass is 330 g/mol. The van der Waals surface area contributed by atoms with Gasteiger partial charge in [-0.3, -0.25) is 9.78 Å². The highest BCUT2D eigenvalue weighted by Gasteiger charge is 2.15. The fraction of sp³-hybridized carbons (Fsp3) is 0.333. The minimum absolute atomic E-state index is 0.120. The number of hydrogen-bond donors (Lipinski definition) is 2. The van der Waals surface area contributed by atoms with Gasteiger partial charge in [0.05, 0.1) is 20.3 Å². The molecule has 6 heteroatoms. The van der Waals surface area contributed by atoms with Gasteiger partial charge in [0, 0.05) is 37.0 Å². The van der Waals surface area contributed by atoms with Gasteiger partial charge in [-0.1, -0.05) is 6.07 Å². The quantitative estimate of drug-likeness (QED) is 0.776. The zero-order valence-electron chi connectivity index (χ0n) is 13.9. The van der Waals surface area contributed by atoms with Crippen LogP contribution in [0.4, 0.5) is 0 Å².